The first-order valence-corrected chi connectivity index (χ1v) is 7.05. The Bertz CT molecular complexity index is 816. The largest absolute Gasteiger partial charge is 0.481 e. The molecule has 1 heterocycles. The van der Waals surface area contributed by atoms with E-state index in [9.17, 15) is 9.59 Å². The molecule has 0 aliphatic heterocycles. The van der Waals surface area contributed by atoms with Gasteiger partial charge in [-0.15, -0.1) is 0 Å². The number of pyridine rings is 1. The predicted octanol–water partition coefficient (Wildman–Crippen LogP) is 1.97. The Balaban J connectivity index is 2.06. The van der Waals surface area contributed by atoms with Crippen molar-refractivity contribution in [1.82, 2.24) is 4.57 Å². The van der Waals surface area contributed by atoms with Gasteiger partial charge < -0.3 is 14.6 Å². The SMILES string of the molecule is Cc1cc(=O)n(C)cc1NC(=O)[C@H](C)Oc1ccc(C#N)cc1. The molecule has 2 rings (SSSR count). The maximum atomic E-state index is 12.2. The minimum Gasteiger partial charge on any atom is -0.481 e. The maximum Gasteiger partial charge on any atom is 0.265 e. The van der Waals surface area contributed by atoms with Gasteiger partial charge in [-0.05, 0) is 43.7 Å². The van der Waals surface area contributed by atoms with Gasteiger partial charge in [-0.25, -0.2) is 0 Å². The number of nitriles is 1. The van der Waals surface area contributed by atoms with E-state index in [2.05, 4.69) is 5.32 Å². The molecule has 118 valence electrons. The summed E-state index contributed by atoms with van der Waals surface area (Å²) in [5, 5.41) is 11.5. The van der Waals surface area contributed by atoms with Gasteiger partial charge in [-0.3, -0.25) is 9.59 Å². The molecule has 1 aromatic heterocycles. The molecule has 0 aliphatic carbocycles. The second-order valence-electron chi connectivity index (χ2n) is 5.20. The van der Waals surface area contributed by atoms with Crippen molar-refractivity contribution in [3.63, 3.8) is 0 Å². The van der Waals surface area contributed by atoms with Crippen LogP contribution in [0.1, 0.15) is 18.1 Å². The predicted molar refractivity (Wildman–Crippen MR) is 86.3 cm³/mol. The summed E-state index contributed by atoms with van der Waals surface area (Å²) in [5.41, 5.74) is 1.64. The number of hydrogen-bond acceptors (Lipinski definition) is 4. The molecule has 0 saturated heterocycles. The highest BCUT2D eigenvalue weighted by atomic mass is 16.5. The van der Waals surface area contributed by atoms with Crippen LogP contribution in [0, 0.1) is 18.3 Å². The number of rotatable bonds is 4. The third-order valence-corrected chi connectivity index (χ3v) is 3.36. The van der Waals surface area contributed by atoms with E-state index in [4.69, 9.17) is 10.00 Å². The molecule has 0 radical (unpaired) electrons. The molecule has 1 atom stereocenters. The van der Waals surface area contributed by atoms with E-state index in [-0.39, 0.29) is 11.5 Å². The molecule has 0 saturated carbocycles. The van der Waals surface area contributed by atoms with Crippen LogP contribution >= 0.6 is 0 Å². The summed E-state index contributed by atoms with van der Waals surface area (Å²) in [4.78, 5) is 23.7. The number of nitrogens with zero attached hydrogens (tertiary/aromatic N) is 2. The lowest BCUT2D eigenvalue weighted by Crippen LogP contribution is -2.31. The maximum absolute atomic E-state index is 12.2. The Morgan fingerprint density at radius 3 is 2.61 bits per heavy atom. The van der Waals surface area contributed by atoms with E-state index in [1.54, 1.807) is 51.4 Å². The average Bonchev–Trinajstić information content (AvgIpc) is 2.53. The van der Waals surface area contributed by atoms with Crippen LogP contribution < -0.4 is 15.6 Å². The lowest BCUT2D eigenvalue weighted by atomic mass is 10.2. The van der Waals surface area contributed by atoms with Crippen molar-refractivity contribution in [1.29, 1.82) is 5.26 Å². The standard InChI is InChI=1S/C17H17N3O3/c1-11-8-16(21)20(3)10-15(11)19-17(22)12(2)23-14-6-4-13(9-18)5-7-14/h4-8,10,12H,1-3H3,(H,19,22)/t12-/m0/s1. The quantitative estimate of drug-likeness (QED) is 0.935. The van der Waals surface area contributed by atoms with Gasteiger partial charge in [0, 0.05) is 19.3 Å². The highest BCUT2D eigenvalue weighted by Gasteiger charge is 2.16. The lowest BCUT2D eigenvalue weighted by Gasteiger charge is -2.16. The van der Waals surface area contributed by atoms with Gasteiger partial charge in [0.1, 0.15) is 5.75 Å². The second-order valence-corrected chi connectivity index (χ2v) is 5.20. The summed E-state index contributed by atoms with van der Waals surface area (Å²) in [5.74, 6) is 0.181. The first-order valence-electron chi connectivity index (χ1n) is 7.05. The molecule has 6 heteroatoms. The molecule has 2 aromatic rings. The van der Waals surface area contributed by atoms with Gasteiger partial charge in [-0.2, -0.15) is 5.26 Å². The van der Waals surface area contributed by atoms with Gasteiger partial charge in [0.15, 0.2) is 6.10 Å². The summed E-state index contributed by atoms with van der Waals surface area (Å²) >= 11 is 0. The molecule has 23 heavy (non-hydrogen) atoms. The summed E-state index contributed by atoms with van der Waals surface area (Å²) < 4.78 is 6.95. The van der Waals surface area contributed by atoms with Crippen LogP contribution in [0.5, 0.6) is 5.75 Å². The van der Waals surface area contributed by atoms with Gasteiger partial charge in [0.25, 0.3) is 11.5 Å². The van der Waals surface area contributed by atoms with Crippen molar-refractivity contribution in [3.8, 4) is 11.8 Å². The smallest absolute Gasteiger partial charge is 0.265 e. The number of carbonyl (C=O) groups excluding carboxylic acids is 1. The fraction of sp³-hybridized carbons (Fsp3) is 0.235. The highest BCUT2D eigenvalue weighted by Crippen LogP contribution is 2.15. The number of anilines is 1. The minimum absolute atomic E-state index is 0.137. The zero-order chi connectivity index (χ0) is 17.0. The van der Waals surface area contributed by atoms with Crippen LogP contribution in [-0.2, 0) is 11.8 Å². The number of nitrogens with one attached hydrogen (secondary N) is 1. The third-order valence-electron chi connectivity index (χ3n) is 3.36. The highest BCUT2D eigenvalue weighted by molar-refractivity contribution is 5.94. The number of carbonyl (C=O) groups is 1. The van der Waals surface area contributed by atoms with Crippen molar-refractivity contribution in [2.45, 2.75) is 20.0 Å². The lowest BCUT2D eigenvalue weighted by molar-refractivity contribution is -0.122. The number of hydrogen-bond donors (Lipinski definition) is 1. The first kappa shape index (κ1) is 16.3. The van der Waals surface area contributed by atoms with Gasteiger partial charge >= 0.3 is 0 Å². The molecule has 1 amide bonds. The van der Waals surface area contributed by atoms with Crippen LogP contribution in [0.4, 0.5) is 5.69 Å². The number of ether oxygens (including phenoxy) is 1. The Morgan fingerprint density at radius 1 is 1.35 bits per heavy atom. The molecular formula is C17H17N3O3. The van der Waals surface area contributed by atoms with Gasteiger partial charge in [-0.1, -0.05) is 0 Å². The van der Waals surface area contributed by atoms with Crippen LogP contribution in [0.3, 0.4) is 0 Å². The molecule has 1 N–H and O–H groups in total. The Kier molecular flexibility index (Phi) is 4.82. The van der Waals surface area contributed by atoms with Crippen LogP contribution in [0.15, 0.2) is 41.3 Å². The molecule has 0 spiro atoms. The molecule has 0 bridgehead atoms. The van der Waals surface area contributed by atoms with Crippen molar-refractivity contribution in [2.24, 2.45) is 7.05 Å². The summed E-state index contributed by atoms with van der Waals surface area (Å²) in [6.45, 7) is 3.38. The van der Waals surface area contributed by atoms with E-state index in [0.29, 0.717) is 22.6 Å². The Labute approximate surface area is 133 Å². The van der Waals surface area contributed by atoms with Crippen LogP contribution in [0.25, 0.3) is 0 Å². The fourth-order valence-corrected chi connectivity index (χ4v) is 1.95. The number of aromatic nitrogens is 1. The Hall–Kier alpha value is -3.07. The molecular weight excluding hydrogens is 294 g/mol. The molecule has 0 aliphatic rings. The average molecular weight is 311 g/mol. The first-order chi connectivity index (χ1) is 10.9. The van der Waals surface area contributed by atoms with E-state index < -0.39 is 6.10 Å². The van der Waals surface area contributed by atoms with Crippen molar-refractivity contribution >= 4 is 11.6 Å². The summed E-state index contributed by atoms with van der Waals surface area (Å²) in [6, 6.07) is 10.00. The van der Waals surface area contributed by atoms with Crippen LogP contribution in [-0.4, -0.2) is 16.6 Å². The number of aryl methyl sites for hydroxylation is 2. The van der Waals surface area contributed by atoms with Crippen molar-refractivity contribution in [2.75, 3.05) is 5.32 Å². The van der Waals surface area contributed by atoms with Gasteiger partial charge in [0.2, 0.25) is 0 Å². The van der Waals surface area contributed by atoms with Crippen molar-refractivity contribution in [3.05, 3.63) is 58.0 Å². The molecule has 0 fully saturated rings. The van der Waals surface area contributed by atoms with E-state index >= 15 is 0 Å². The second kappa shape index (κ2) is 6.79. The van der Waals surface area contributed by atoms with E-state index in [1.165, 1.54) is 10.6 Å². The molecule has 0 unspecified atom stereocenters. The third kappa shape index (κ3) is 3.98. The van der Waals surface area contributed by atoms with Gasteiger partial charge in [0.05, 0.1) is 17.3 Å². The zero-order valence-electron chi connectivity index (χ0n) is 13.2. The molecule has 1 aromatic carbocycles. The normalized spacial score (nSPS) is 11.4. The van der Waals surface area contributed by atoms with E-state index in [1.807, 2.05) is 6.07 Å². The van der Waals surface area contributed by atoms with Crippen molar-refractivity contribution < 1.29 is 9.53 Å². The number of amides is 1. The fourth-order valence-electron chi connectivity index (χ4n) is 1.95. The Morgan fingerprint density at radius 2 is 2.00 bits per heavy atom. The molecule has 6 nitrogen and oxygen atoms in total. The zero-order valence-corrected chi connectivity index (χ0v) is 13.2. The monoisotopic (exact) mass is 311 g/mol. The number of benzene rings is 1. The minimum atomic E-state index is -0.723. The van der Waals surface area contributed by atoms with Crippen LogP contribution in [0.2, 0.25) is 0 Å². The topological polar surface area (TPSA) is 84.1 Å². The summed E-state index contributed by atoms with van der Waals surface area (Å²) in [6.07, 6.45) is 0.851. The summed E-state index contributed by atoms with van der Waals surface area (Å²) in [7, 11) is 1.62. The van der Waals surface area contributed by atoms with E-state index in [0.717, 1.165) is 0 Å².